The van der Waals surface area contributed by atoms with Gasteiger partial charge < -0.3 is 19.9 Å². The van der Waals surface area contributed by atoms with Crippen molar-refractivity contribution in [3.05, 3.63) is 65.4 Å². The highest BCUT2D eigenvalue weighted by Crippen LogP contribution is 2.26. The Morgan fingerprint density at radius 3 is 2.97 bits per heavy atom. The molecule has 1 aromatic heterocycles. The van der Waals surface area contributed by atoms with Gasteiger partial charge in [0.05, 0.1) is 13.7 Å². The highest BCUT2D eigenvalue weighted by atomic mass is 16.5. The number of aromatic nitrogens is 1. The number of fused-ring (bicyclic) bond motifs is 2. The molecule has 3 aromatic rings. The molecule has 31 heavy (non-hydrogen) atoms. The first-order chi connectivity index (χ1) is 15.1. The highest BCUT2D eigenvalue weighted by Gasteiger charge is 2.29. The zero-order chi connectivity index (χ0) is 21.8. The van der Waals surface area contributed by atoms with Crippen LogP contribution in [-0.2, 0) is 11.3 Å². The number of H-pyrrole nitrogens is 1. The number of hydrogen-bond donors (Lipinski definition) is 3. The van der Waals surface area contributed by atoms with Gasteiger partial charge in [-0.3, -0.25) is 14.9 Å². The fourth-order valence-corrected chi connectivity index (χ4v) is 3.52. The Morgan fingerprint density at radius 2 is 2.16 bits per heavy atom. The van der Waals surface area contributed by atoms with Gasteiger partial charge in [-0.2, -0.15) is 0 Å². The molecule has 8 heteroatoms. The summed E-state index contributed by atoms with van der Waals surface area (Å²) in [7, 11) is 1.55. The van der Waals surface area contributed by atoms with Gasteiger partial charge in [-0.1, -0.05) is 17.9 Å². The van der Waals surface area contributed by atoms with Crippen LogP contribution in [0, 0.1) is 11.8 Å². The number of ether oxygens (including phenoxy) is 1. The number of nitrogens with zero attached hydrogens (tertiary/aromatic N) is 1. The number of carbonyl (C=O) groups excluding carboxylic acids is 3. The molecule has 2 aromatic carbocycles. The second kappa shape index (κ2) is 8.63. The van der Waals surface area contributed by atoms with Crippen LogP contribution in [0.1, 0.15) is 21.5 Å². The summed E-state index contributed by atoms with van der Waals surface area (Å²) in [6.45, 7) is 0.574. The Hall–Kier alpha value is -4.25. The van der Waals surface area contributed by atoms with E-state index in [0.717, 1.165) is 22.0 Å². The number of aromatic amines is 1. The molecule has 4 rings (SSSR count). The molecule has 4 amide bonds. The van der Waals surface area contributed by atoms with Crippen molar-refractivity contribution < 1.29 is 19.1 Å². The Kier molecular flexibility index (Phi) is 5.58. The van der Waals surface area contributed by atoms with Crippen molar-refractivity contribution >= 4 is 29.3 Å². The number of benzene rings is 2. The Morgan fingerprint density at radius 1 is 1.29 bits per heavy atom. The zero-order valence-electron chi connectivity index (χ0n) is 16.8. The van der Waals surface area contributed by atoms with E-state index in [1.165, 1.54) is 0 Å². The van der Waals surface area contributed by atoms with Crippen LogP contribution >= 0.6 is 0 Å². The van der Waals surface area contributed by atoms with E-state index in [1.54, 1.807) is 24.1 Å². The van der Waals surface area contributed by atoms with Crippen LogP contribution in [0.2, 0.25) is 0 Å². The summed E-state index contributed by atoms with van der Waals surface area (Å²) in [4.78, 5) is 40.1. The van der Waals surface area contributed by atoms with E-state index >= 15 is 0 Å². The topological polar surface area (TPSA) is 104 Å². The average Bonchev–Trinajstić information content (AvgIpc) is 3.36. The van der Waals surface area contributed by atoms with Gasteiger partial charge in [-0.15, -0.1) is 0 Å². The summed E-state index contributed by atoms with van der Waals surface area (Å²) in [6, 6.07) is 11.7. The fraction of sp³-hybridized carbons (Fsp3) is 0.174. The second-order valence-electron chi connectivity index (χ2n) is 7.05. The Balaban J connectivity index is 1.55. The third-order valence-electron chi connectivity index (χ3n) is 5.04. The average molecular weight is 416 g/mol. The van der Waals surface area contributed by atoms with Crippen LogP contribution in [-0.4, -0.2) is 47.9 Å². The first-order valence-electron chi connectivity index (χ1n) is 9.63. The van der Waals surface area contributed by atoms with Gasteiger partial charge >= 0.3 is 6.03 Å². The zero-order valence-corrected chi connectivity index (χ0v) is 16.8. The van der Waals surface area contributed by atoms with Crippen molar-refractivity contribution in [1.82, 2.24) is 20.5 Å². The van der Waals surface area contributed by atoms with Crippen LogP contribution in [0.25, 0.3) is 10.9 Å². The summed E-state index contributed by atoms with van der Waals surface area (Å²) >= 11 is 0. The molecular weight excluding hydrogens is 396 g/mol. The van der Waals surface area contributed by atoms with Gasteiger partial charge in [-0.25, -0.2) is 4.79 Å². The summed E-state index contributed by atoms with van der Waals surface area (Å²) in [5.74, 6) is 6.51. The van der Waals surface area contributed by atoms with Crippen LogP contribution in [0.3, 0.4) is 0 Å². The van der Waals surface area contributed by atoms with E-state index in [2.05, 4.69) is 22.1 Å². The molecule has 0 spiro atoms. The number of methoxy groups -OCH3 is 1. The minimum atomic E-state index is -0.679. The number of urea groups is 1. The van der Waals surface area contributed by atoms with Gasteiger partial charge in [0.15, 0.2) is 0 Å². The lowest BCUT2D eigenvalue weighted by Gasteiger charge is -2.21. The molecule has 2 heterocycles. The van der Waals surface area contributed by atoms with Crippen molar-refractivity contribution in [1.29, 1.82) is 0 Å². The number of carbonyl (C=O) groups is 3. The largest absolute Gasteiger partial charge is 0.497 e. The molecule has 0 fully saturated rings. The molecule has 156 valence electrons. The van der Waals surface area contributed by atoms with Crippen molar-refractivity contribution in [2.75, 3.05) is 13.7 Å². The molecule has 0 saturated heterocycles. The quantitative estimate of drug-likeness (QED) is 0.437. The number of nitrogens with one attached hydrogen (secondary N) is 3. The standard InChI is InChI=1S/C23H20N4O4/c1-31-19-6-4-17-12-27(22(29)20(17)11-19)13-18(26-23(30)25-14-28)5-2-15-3-7-21-16(10-15)8-9-24-21/h3-4,6-11,14,18,24H,12-13H2,1H3,(H2,25,26,28,30)/t18-/m1/s1. The summed E-state index contributed by atoms with van der Waals surface area (Å²) < 4.78 is 5.20. The maximum atomic E-state index is 12.8. The Labute approximate surface area is 178 Å². The first kappa shape index (κ1) is 20.0. The number of rotatable bonds is 5. The highest BCUT2D eigenvalue weighted by molar-refractivity contribution is 5.98. The van der Waals surface area contributed by atoms with Crippen LogP contribution in [0.4, 0.5) is 4.79 Å². The first-order valence-corrected chi connectivity index (χ1v) is 9.63. The normalized spacial score (nSPS) is 13.2. The van der Waals surface area contributed by atoms with E-state index in [0.29, 0.717) is 24.3 Å². The molecule has 1 atom stereocenters. The SMILES string of the molecule is COc1ccc2c(c1)C(=O)N(C[C@@H](C#Cc1ccc3[nH]ccc3c1)NC(=O)NC=O)C2. The molecule has 1 aliphatic rings. The molecular formula is C23H20N4O4. The molecule has 3 N–H and O–H groups in total. The van der Waals surface area contributed by atoms with Crippen LogP contribution in [0.5, 0.6) is 5.75 Å². The third-order valence-corrected chi connectivity index (χ3v) is 5.04. The number of imide groups is 1. The molecule has 0 saturated carbocycles. The Bertz CT molecular complexity index is 1220. The lowest BCUT2D eigenvalue weighted by Crippen LogP contribution is -2.46. The monoisotopic (exact) mass is 416 g/mol. The molecule has 0 radical (unpaired) electrons. The molecule has 1 aliphatic heterocycles. The van der Waals surface area contributed by atoms with Gasteiger partial charge in [0.1, 0.15) is 11.8 Å². The molecule has 0 unspecified atom stereocenters. The fourth-order valence-electron chi connectivity index (χ4n) is 3.52. The van der Waals surface area contributed by atoms with Crippen LogP contribution in [0.15, 0.2) is 48.7 Å². The molecule has 0 bridgehead atoms. The number of amides is 4. The lowest BCUT2D eigenvalue weighted by molar-refractivity contribution is -0.108. The number of hydrogen-bond acceptors (Lipinski definition) is 4. The smallest absolute Gasteiger partial charge is 0.322 e. The predicted molar refractivity (Wildman–Crippen MR) is 114 cm³/mol. The lowest BCUT2D eigenvalue weighted by atomic mass is 10.1. The van der Waals surface area contributed by atoms with E-state index in [-0.39, 0.29) is 12.5 Å². The predicted octanol–water partition coefficient (Wildman–Crippen LogP) is 2.01. The van der Waals surface area contributed by atoms with Crippen LogP contribution < -0.4 is 15.4 Å². The van der Waals surface area contributed by atoms with Crippen molar-refractivity contribution in [2.45, 2.75) is 12.6 Å². The van der Waals surface area contributed by atoms with Crippen molar-refractivity contribution in [2.24, 2.45) is 0 Å². The van der Waals surface area contributed by atoms with E-state index in [4.69, 9.17) is 4.74 Å². The van der Waals surface area contributed by atoms with Gasteiger partial charge in [0.25, 0.3) is 5.91 Å². The third kappa shape index (κ3) is 4.36. The minimum Gasteiger partial charge on any atom is -0.497 e. The summed E-state index contributed by atoms with van der Waals surface area (Å²) in [5.41, 5.74) is 3.23. The van der Waals surface area contributed by atoms with E-state index in [1.807, 2.05) is 41.8 Å². The van der Waals surface area contributed by atoms with Crippen molar-refractivity contribution in [3.63, 3.8) is 0 Å². The van der Waals surface area contributed by atoms with Gasteiger partial charge in [0.2, 0.25) is 6.41 Å². The second-order valence-corrected chi connectivity index (χ2v) is 7.05. The van der Waals surface area contributed by atoms with E-state index < -0.39 is 12.1 Å². The van der Waals surface area contributed by atoms with Gasteiger partial charge in [0, 0.05) is 34.8 Å². The summed E-state index contributed by atoms with van der Waals surface area (Å²) in [5, 5.41) is 5.70. The maximum absolute atomic E-state index is 12.8. The minimum absolute atomic E-state index is 0.160. The van der Waals surface area contributed by atoms with Gasteiger partial charge in [-0.05, 0) is 42.0 Å². The molecule has 8 nitrogen and oxygen atoms in total. The molecule has 0 aliphatic carbocycles. The van der Waals surface area contributed by atoms with Crippen molar-refractivity contribution in [3.8, 4) is 17.6 Å². The maximum Gasteiger partial charge on any atom is 0.322 e. The van der Waals surface area contributed by atoms with E-state index in [9.17, 15) is 14.4 Å². The summed E-state index contributed by atoms with van der Waals surface area (Å²) in [6.07, 6.45) is 2.14.